The molecule has 6 heteroatoms. The van der Waals surface area contributed by atoms with Crippen LogP contribution in [0.15, 0.2) is 48.5 Å². The summed E-state index contributed by atoms with van der Waals surface area (Å²) in [7, 11) is 0. The van der Waals surface area contributed by atoms with Crippen LogP contribution in [0.5, 0.6) is 0 Å². The second kappa shape index (κ2) is 6.31. The third kappa shape index (κ3) is 3.63. The lowest BCUT2D eigenvalue weighted by Gasteiger charge is -2.29. The highest BCUT2D eigenvalue weighted by atomic mass is 19.4. The number of aliphatic hydroxyl groups excluding tert-OH is 1. The molecule has 0 heterocycles. The Labute approximate surface area is 130 Å². The van der Waals surface area contributed by atoms with Crippen LogP contribution in [0.2, 0.25) is 0 Å². The average molecular weight is 323 g/mol. The van der Waals surface area contributed by atoms with Crippen molar-refractivity contribution in [2.75, 3.05) is 11.9 Å². The van der Waals surface area contributed by atoms with Gasteiger partial charge in [-0.05, 0) is 42.0 Å². The van der Waals surface area contributed by atoms with Gasteiger partial charge >= 0.3 is 6.18 Å². The third-order valence-electron chi connectivity index (χ3n) is 3.39. The van der Waals surface area contributed by atoms with Gasteiger partial charge in [0, 0.05) is 5.69 Å². The molecule has 0 bridgehead atoms. The van der Waals surface area contributed by atoms with E-state index in [0.717, 1.165) is 12.1 Å². The highest BCUT2D eigenvalue weighted by Gasteiger charge is 2.32. The summed E-state index contributed by atoms with van der Waals surface area (Å²) in [6.07, 6.45) is 1.05. The van der Waals surface area contributed by atoms with E-state index in [1.807, 2.05) is 0 Å². The minimum absolute atomic E-state index is 0.300. The van der Waals surface area contributed by atoms with Gasteiger partial charge in [-0.15, -0.1) is 6.42 Å². The second-order valence-corrected chi connectivity index (χ2v) is 4.91. The van der Waals surface area contributed by atoms with Crippen LogP contribution >= 0.6 is 0 Å². The Balaban J connectivity index is 2.33. The topological polar surface area (TPSA) is 32.3 Å². The summed E-state index contributed by atoms with van der Waals surface area (Å²) in [5, 5.41) is 12.5. The fourth-order valence-corrected chi connectivity index (χ4v) is 2.09. The average Bonchev–Trinajstić information content (AvgIpc) is 2.53. The summed E-state index contributed by atoms with van der Waals surface area (Å²) in [4.78, 5) is 0. The first-order valence-corrected chi connectivity index (χ1v) is 6.61. The van der Waals surface area contributed by atoms with Crippen molar-refractivity contribution in [2.45, 2.75) is 11.7 Å². The molecule has 0 spiro atoms. The van der Waals surface area contributed by atoms with E-state index in [2.05, 4.69) is 11.2 Å². The molecule has 2 aromatic carbocycles. The molecule has 0 unspecified atom stereocenters. The maximum Gasteiger partial charge on any atom is 0.416 e. The Hall–Kier alpha value is -2.52. The van der Waals surface area contributed by atoms with E-state index >= 15 is 0 Å². The number of aliphatic hydroxyl groups is 1. The van der Waals surface area contributed by atoms with Gasteiger partial charge < -0.3 is 10.4 Å². The van der Waals surface area contributed by atoms with Gasteiger partial charge in [0.2, 0.25) is 0 Å². The number of alkyl halides is 3. The van der Waals surface area contributed by atoms with E-state index in [1.165, 1.54) is 36.4 Å². The lowest BCUT2D eigenvalue weighted by atomic mass is 9.91. The van der Waals surface area contributed by atoms with Gasteiger partial charge in [0.1, 0.15) is 11.4 Å². The smallest absolute Gasteiger partial charge is 0.393 e. The highest BCUT2D eigenvalue weighted by molar-refractivity contribution is 5.53. The fourth-order valence-electron chi connectivity index (χ4n) is 2.09. The number of hydrogen-bond donors (Lipinski definition) is 2. The summed E-state index contributed by atoms with van der Waals surface area (Å²) in [6.45, 7) is -0.518. The largest absolute Gasteiger partial charge is 0.416 e. The van der Waals surface area contributed by atoms with Gasteiger partial charge in [0.05, 0.1) is 12.2 Å². The molecule has 0 aliphatic carbocycles. The number of benzene rings is 2. The maximum absolute atomic E-state index is 13.0. The van der Waals surface area contributed by atoms with Crippen molar-refractivity contribution in [1.29, 1.82) is 0 Å². The van der Waals surface area contributed by atoms with Crippen molar-refractivity contribution < 1.29 is 22.7 Å². The van der Waals surface area contributed by atoms with Gasteiger partial charge in [-0.2, -0.15) is 13.2 Å². The summed E-state index contributed by atoms with van der Waals surface area (Å²) in [5.41, 5.74) is -1.44. The van der Waals surface area contributed by atoms with E-state index in [4.69, 9.17) is 6.42 Å². The predicted molar refractivity (Wildman–Crippen MR) is 79.1 cm³/mol. The number of rotatable bonds is 4. The third-order valence-corrected chi connectivity index (χ3v) is 3.39. The Morgan fingerprint density at radius 2 is 1.48 bits per heavy atom. The van der Waals surface area contributed by atoms with Crippen LogP contribution in [-0.2, 0) is 11.7 Å². The molecular formula is C17H13F4NO. The van der Waals surface area contributed by atoms with E-state index in [1.54, 1.807) is 0 Å². The summed E-state index contributed by atoms with van der Waals surface area (Å²) < 4.78 is 50.7. The van der Waals surface area contributed by atoms with Crippen LogP contribution in [0, 0.1) is 18.2 Å². The van der Waals surface area contributed by atoms with E-state index < -0.39 is 29.7 Å². The molecule has 2 rings (SSSR count). The molecule has 0 saturated carbocycles. The summed E-state index contributed by atoms with van der Waals surface area (Å²) in [5.74, 6) is 1.92. The zero-order valence-corrected chi connectivity index (χ0v) is 11.9. The van der Waals surface area contributed by atoms with Crippen molar-refractivity contribution in [3.8, 4) is 12.3 Å². The van der Waals surface area contributed by atoms with Crippen LogP contribution in [0.4, 0.5) is 23.2 Å². The number of hydrogen-bond acceptors (Lipinski definition) is 2. The summed E-state index contributed by atoms with van der Waals surface area (Å²) in [6, 6.07) is 9.43. The van der Waals surface area contributed by atoms with E-state index in [-0.39, 0.29) is 0 Å². The SMILES string of the molecule is C#C[C@](CO)(Nc1ccc(C(F)(F)F)cc1)c1ccc(F)cc1. The minimum atomic E-state index is -4.43. The molecule has 0 radical (unpaired) electrons. The van der Waals surface area contributed by atoms with Gasteiger partial charge in [0.15, 0.2) is 0 Å². The monoisotopic (exact) mass is 323 g/mol. The Kier molecular flexibility index (Phi) is 4.62. The first-order chi connectivity index (χ1) is 10.8. The second-order valence-electron chi connectivity index (χ2n) is 4.91. The van der Waals surface area contributed by atoms with Crippen molar-refractivity contribution in [2.24, 2.45) is 0 Å². The van der Waals surface area contributed by atoms with Crippen LogP contribution in [0.3, 0.4) is 0 Å². The Morgan fingerprint density at radius 1 is 0.957 bits per heavy atom. The van der Waals surface area contributed by atoms with E-state index in [0.29, 0.717) is 11.3 Å². The molecule has 2 N–H and O–H groups in total. The number of anilines is 1. The first-order valence-electron chi connectivity index (χ1n) is 6.61. The number of terminal acetylenes is 1. The quantitative estimate of drug-likeness (QED) is 0.663. The van der Waals surface area contributed by atoms with Crippen molar-refractivity contribution in [3.05, 3.63) is 65.5 Å². The lowest BCUT2D eigenvalue weighted by molar-refractivity contribution is -0.137. The zero-order chi connectivity index (χ0) is 17.1. The van der Waals surface area contributed by atoms with Crippen LogP contribution in [-0.4, -0.2) is 11.7 Å². The molecule has 23 heavy (non-hydrogen) atoms. The highest BCUT2D eigenvalue weighted by Crippen LogP contribution is 2.31. The molecule has 0 aromatic heterocycles. The molecule has 2 aromatic rings. The number of halogens is 4. The number of nitrogens with one attached hydrogen (secondary N) is 1. The molecule has 2 nitrogen and oxygen atoms in total. The van der Waals surface area contributed by atoms with Crippen LogP contribution in [0.25, 0.3) is 0 Å². The fraction of sp³-hybridized carbons (Fsp3) is 0.176. The molecular weight excluding hydrogens is 310 g/mol. The molecule has 0 aliphatic rings. The van der Waals surface area contributed by atoms with Gasteiger partial charge in [-0.25, -0.2) is 4.39 Å². The van der Waals surface area contributed by atoms with Gasteiger partial charge in [0.25, 0.3) is 0 Å². The molecule has 0 amide bonds. The molecule has 0 aliphatic heterocycles. The first kappa shape index (κ1) is 16.8. The Morgan fingerprint density at radius 3 is 1.91 bits per heavy atom. The van der Waals surface area contributed by atoms with Crippen LogP contribution < -0.4 is 5.32 Å². The standard InChI is InChI=1S/C17H13F4NO/c1-2-16(11-23,12-3-7-14(18)8-4-12)22-15-9-5-13(6-10-15)17(19,20)21/h1,3-10,22-23H,11H2/t16-/m1/s1. The van der Waals surface area contributed by atoms with Crippen molar-refractivity contribution in [1.82, 2.24) is 0 Å². The predicted octanol–water partition coefficient (Wildman–Crippen LogP) is 3.78. The lowest BCUT2D eigenvalue weighted by Crippen LogP contribution is -2.37. The maximum atomic E-state index is 13.0. The normalized spacial score (nSPS) is 13.9. The summed E-state index contributed by atoms with van der Waals surface area (Å²) >= 11 is 0. The zero-order valence-electron chi connectivity index (χ0n) is 11.9. The minimum Gasteiger partial charge on any atom is -0.393 e. The van der Waals surface area contributed by atoms with Crippen LogP contribution in [0.1, 0.15) is 11.1 Å². The van der Waals surface area contributed by atoms with E-state index in [9.17, 15) is 22.7 Å². The van der Waals surface area contributed by atoms with Crippen molar-refractivity contribution >= 4 is 5.69 Å². The van der Waals surface area contributed by atoms with Crippen molar-refractivity contribution in [3.63, 3.8) is 0 Å². The molecule has 1 atom stereocenters. The molecule has 120 valence electrons. The van der Waals surface area contributed by atoms with Gasteiger partial charge in [-0.3, -0.25) is 0 Å². The van der Waals surface area contributed by atoms with Gasteiger partial charge in [-0.1, -0.05) is 18.1 Å². The Bertz CT molecular complexity index is 701. The molecule has 0 fully saturated rings. The molecule has 0 saturated heterocycles.